The van der Waals surface area contributed by atoms with Crippen LogP contribution in [0.15, 0.2) is 24.4 Å². The van der Waals surface area contributed by atoms with Crippen LogP contribution in [-0.2, 0) is 4.79 Å². The number of halogens is 1. The second kappa shape index (κ2) is 6.55. The molecule has 0 spiro atoms. The molecule has 0 saturated carbocycles. The van der Waals surface area contributed by atoms with Gasteiger partial charge in [0.25, 0.3) is 0 Å². The molecule has 24 heavy (non-hydrogen) atoms. The Labute approximate surface area is 147 Å². The zero-order valence-corrected chi connectivity index (χ0v) is 15.1. The number of rotatable bonds is 2. The van der Waals surface area contributed by atoms with E-state index in [0.29, 0.717) is 5.02 Å². The molecule has 0 radical (unpaired) electrons. The highest BCUT2D eigenvalue weighted by Crippen LogP contribution is 2.22. The van der Waals surface area contributed by atoms with Gasteiger partial charge in [0, 0.05) is 29.6 Å². The first-order valence-electron chi connectivity index (χ1n) is 8.31. The number of hydrogen-bond acceptors (Lipinski definition) is 4. The third-order valence-corrected chi connectivity index (χ3v) is 4.49. The first kappa shape index (κ1) is 17.0. The van der Waals surface area contributed by atoms with E-state index in [-0.39, 0.29) is 17.4 Å². The van der Waals surface area contributed by atoms with Crippen molar-refractivity contribution in [3.8, 4) is 0 Å². The smallest absolute Gasteiger partial charge is 0.225 e. The van der Waals surface area contributed by atoms with Crippen molar-refractivity contribution in [3.05, 3.63) is 29.4 Å². The zero-order valence-electron chi connectivity index (χ0n) is 14.3. The fourth-order valence-electron chi connectivity index (χ4n) is 2.83. The summed E-state index contributed by atoms with van der Waals surface area (Å²) >= 11 is 5.99. The Hall–Kier alpha value is -1.88. The molecule has 6 heteroatoms. The van der Waals surface area contributed by atoms with Crippen LogP contribution in [0, 0.1) is 5.41 Å². The summed E-state index contributed by atoms with van der Waals surface area (Å²) in [5.74, 6) is 0.938. The lowest BCUT2D eigenvalue weighted by Gasteiger charge is -2.35. The van der Waals surface area contributed by atoms with Gasteiger partial charge in [-0.05, 0) is 31.0 Å². The summed E-state index contributed by atoms with van der Waals surface area (Å²) in [6.45, 7) is 7.49. The Morgan fingerprint density at radius 2 is 2.12 bits per heavy atom. The van der Waals surface area contributed by atoms with Gasteiger partial charge in [-0.1, -0.05) is 32.4 Å². The molecule has 0 aliphatic carbocycles. The Morgan fingerprint density at radius 1 is 1.33 bits per heavy atom. The summed E-state index contributed by atoms with van der Waals surface area (Å²) < 4.78 is 0. The minimum Gasteiger partial charge on any atom is -0.353 e. The van der Waals surface area contributed by atoms with E-state index in [9.17, 15) is 4.79 Å². The summed E-state index contributed by atoms with van der Waals surface area (Å²) in [7, 11) is 0. The van der Waals surface area contributed by atoms with Crippen molar-refractivity contribution in [1.82, 2.24) is 15.3 Å². The molecule has 3 rings (SSSR count). The summed E-state index contributed by atoms with van der Waals surface area (Å²) in [5, 5.41) is 3.82. The predicted octanol–water partition coefficient (Wildman–Crippen LogP) is 3.41. The van der Waals surface area contributed by atoms with Crippen molar-refractivity contribution in [2.75, 3.05) is 18.0 Å². The van der Waals surface area contributed by atoms with E-state index in [0.717, 1.165) is 42.8 Å². The van der Waals surface area contributed by atoms with Gasteiger partial charge >= 0.3 is 0 Å². The molecule has 1 atom stereocenters. The highest BCUT2D eigenvalue weighted by Gasteiger charge is 2.27. The Kier molecular flexibility index (Phi) is 4.63. The maximum atomic E-state index is 12.2. The van der Waals surface area contributed by atoms with Crippen molar-refractivity contribution in [2.45, 2.75) is 39.7 Å². The van der Waals surface area contributed by atoms with E-state index < -0.39 is 0 Å². The second-order valence-corrected chi connectivity index (χ2v) is 7.81. The monoisotopic (exact) mass is 346 g/mol. The highest BCUT2D eigenvalue weighted by molar-refractivity contribution is 6.31. The average molecular weight is 347 g/mol. The van der Waals surface area contributed by atoms with Crippen LogP contribution in [0.5, 0.6) is 0 Å². The van der Waals surface area contributed by atoms with Gasteiger partial charge in [-0.15, -0.1) is 0 Å². The summed E-state index contributed by atoms with van der Waals surface area (Å²) in [6, 6.07) is 5.67. The van der Waals surface area contributed by atoms with Crippen LogP contribution in [0.1, 0.15) is 33.6 Å². The molecule has 1 unspecified atom stereocenters. The second-order valence-electron chi connectivity index (χ2n) is 7.37. The van der Waals surface area contributed by atoms with Crippen molar-refractivity contribution >= 4 is 34.4 Å². The molecule has 1 aliphatic heterocycles. The van der Waals surface area contributed by atoms with Gasteiger partial charge in [0.05, 0.1) is 17.2 Å². The Balaban J connectivity index is 1.75. The maximum Gasteiger partial charge on any atom is 0.225 e. The number of carbonyl (C=O) groups is 1. The van der Waals surface area contributed by atoms with Gasteiger partial charge in [-0.3, -0.25) is 9.78 Å². The van der Waals surface area contributed by atoms with Gasteiger partial charge in [-0.25, -0.2) is 4.98 Å². The molecule has 5 nitrogen and oxygen atoms in total. The number of hydrogen-bond donors (Lipinski definition) is 1. The van der Waals surface area contributed by atoms with E-state index in [1.807, 2.05) is 39.0 Å². The first-order valence-corrected chi connectivity index (χ1v) is 8.69. The summed E-state index contributed by atoms with van der Waals surface area (Å²) in [5.41, 5.74) is 1.25. The first-order chi connectivity index (χ1) is 11.3. The van der Waals surface area contributed by atoms with Crippen LogP contribution in [0.3, 0.4) is 0 Å². The molecule has 2 aromatic rings. The third kappa shape index (κ3) is 3.78. The maximum absolute atomic E-state index is 12.2. The fraction of sp³-hybridized carbons (Fsp3) is 0.500. The molecule has 128 valence electrons. The van der Waals surface area contributed by atoms with E-state index in [1.165, 1.54) is 0 Å². The quantitative estimate of drug-likeness (QED) is 0.905. The van der Waals surface area contributed by atoms with Gasteiger partial charge in [-0.2, -0.15) is 0 Å². The molecular weight excluding hydrogens is 324 g/mol. The van der Waals surface area contributed by atoms with E-state index in [4.69, 9.17) is 16.6 Å². The largest absolute Gasteiger partial charge is 0.353 e. The van der Waals surface area contributed by atoms with Crippen molar-refractivity contribution < 1.29 is 4.79 Å². The van der Waals surface area contributed by atoms with Crippen molar-refractivity contribution in [3.63, 3.8) is 0 Å². The van der Waals surface area contributed by atoms with Crippen molar-refractivity contribution in [1.29, 1.82) is 0 Å². The number of amides is 1. The van der Waals surface area contributed by atoms with Gasteiger partial charge in [0.1, 0.15) is 5.82 Å². The number of aromatic nitrogens is 2. The van der Waals surface area contributed by atoms with E-state index in [2.05, 4.69) is 15.2 Å². The Bertz CT molecular complexity index is 756. The SMILES string of the molecule is CC(C)(C)C(=O)NC1CCCN(c2cnc3cc(Cl)ccc3n2)C1. The summed E-state index contributed by atoms with van der Waals surface area (Å²) in [4.78, 5) is 23.6. The molecule has 2 heterocycles. The predicted molar refractivity (Wildman–Crippen MR) is 97.4 cm³/mol. The van der Waals surface area contributed by atoms with Crippen LogP contribution in [0.2, 0.25) is 5.02 Å². The number of fused-ring (bicyclic) bond motifs is 1. The van der Waals surface area contributed by atoms with Crippen LogP contribution >= 0.6 is 11.6 Å². The van der Waals surface area contributed by atoms with E-state index in [1.54, 1.807) is 6.20 Å². The lowest BCUT2D eigenvalue weighted by molar-refractivity contribution is -0.129. The zero-order chi connectivity index (χ0) is 17.3. The van der Waals surface area contributed by atoms with Crippen molar-refractivity contribution in [2.24, 2.45) is 5.41 Å². The van der Waals surface area contributed by atoms with E-state index >= 15 is 0 Å². The fourth-order valence-corrected chi connectivity index (χ4v) is 3.00. The lowest BCUT2D eigenvalue weighted by Crippen LogP contribution is -2.50. The van der Waals surface area contributed by atoms with Crippen LogP contribution < -0.4 is 10.2 Å². The summed E-state index contributed by atoms with van der Waals surface area (Å²) in [6.07, 6.45) is 3.80. The minimum atomic E-state index is -0.371. The molecule has 1 aromatic heterocycles. The molecule has 1 N–H and O–H groups in total. The Morgan fingerprint density at radius 3 is 2.88 bits per heavy atom. The normalized spacial score (nSPS) is 18.7. The number of nitrogens with one attached hydrogen (secondary N) is 1. The highest BCUT2D eigenvalue weighted by atomic mass is 35.5. The van der Waals surface area contributed by atoms with Gasteiger partial charge in [0.15, 0.2) is 0 Å². The lowest BCUT2D eigenvalue weighted by atomic mass is 9.94. The molecular formula is C18H23ClN4O. The van der Waals surface area contributed by atoms with Crippen LogP contribution in [0.25, 0.3) is 11.0 Å². The van der Waals surface area contributed by atoms with Crippen LogP contribution in [0.4, 0.5) is 5.82 Å². The third-order valence-electron chi connectivity index (χ3n) is 4.25. The topological polar surface area (TPSA) is 58.1 Å². The molecule has 1 saturated heterocycles. The standard InChI is InChI=1S/C18H23ClN4O/c1-18(2,3)17(24)21-13-5-4-8-23(11-13)16-10-20-15-9-12(19)6-7-14(15)22-16/h6-7,9-10,13H,4-5,8,11H2,1-3H3,(H,21,24). The molecule has 1 amide bonds. The van der Waals surface area contributed by atoms with Gasteiger partial charge < -0.3 is 10.2 Å². The average Bonchev–Trinajstić information content (AvgIpc) is 2.53. The number of carbonyl (C=O) groups excluding carboxylic acids is 1. The number of nitrogens with zero attached hydrogens (tertiary/aromatic N) is 3. The van der Waals surface area contributed by atoms with Gasteiger partial charge in [0.2, 0.25) is 5.91 Å². The number of anilines is 1. The van der Waals surface area contributed by atoms with Crippen LogP contribution in [-0.4, -0.2) is 35.0 Å². The molecule has 1 fully saturated rings. The molecule has 0 bridgehead atoms. The number of piperidine rings is 1. The molecule has 1 aliphatic rings. The minimum absolute atomic E-state index is 0.0913. The number of benzene rings is 1. The molecule has 1 aromatic carbocycles.